The molecule has 176 valence electrons. The van der Waals surface area contributed by atoms with Crippen LogP contribution in [-0.4, -0.2) is 21.7 Å². The van der Waals surface area contributed by atoms with E-state index in [0.29, 0.717) is 16.9 Å². The van der Waals surface area contributed by atoms with Gasteiger partial charge in [0.25, 0.3) is 0 Å². The number of hydrogen-bond donors (Lipinski definition) is 3. The van der Waals surface area contributed by atoms with Crippen LogP contribution in [0, 0.1) is 35.0 Å². The summed E-state index contributed by atoms with van der Waals surface area (Å²) < 4.78 is 0. The molecule has 1 aromatic carbocycles. The molecule has 8 fully saturated rings. The van der Waals surface area contributed by atoms with Gasteiger partial charge in [0, 0.05) is 5.69 Å². The number of hydrogen-bond acceptors (Lipinski definition) is 3. The van der Waals surface area contributed by atoms with Crippen LogP contribution >= 0.6 is 12.2 Å². The lowest BCUT2D eigenvalue weighted by Crippen LogP contribution is -2.57. The second-order valence-corrected chi connectivity index (χ2v) is 13.6. The zero-order valence-corrected chi connectivity index (χ0v) is 20.3. The molecule has 0 saturated heterocycles. The Balaban J connectivity index is 1.02. The number of thiocarbonyl (C=S) groups is 1. The number of benzene rings is 1. The summed E-state index contributed by atoms with van der Waals surface area (Å²) in [7, 11) is 0. The van der Waals surface area contributed by atoms with Crippen LogP contribution in [0.25, 0.3) is 0 Å². The predicted octanol–water partition coefficient (Wildman–Crippen LogP) is 5.30. The van der Waals surface area contributed by atoms with Gasteiger partial charge in [-0.15, -0.1) is 0 Å². The van der Waals surface area contributed by atoms with Gasteiger partial charge >= 0.3 is 0 Å². The van der Waals surface area contributed by atoms with E-state index in [-0.39, 0.29) is 16.7 Å². The van der Waals surface area contributed by atoms with E-state index in [1.165, 1.54) is 44.1 Å². The molecule has 0 radical (unpaired) electrons. The van der Waals surface area contributed by atoms with Crippen molar-refractivity contribution >= 4 is 28.9 Å². The van der Waals surface area contributed by atoms with Crippen molar-refractivity contribution in [2.75, 3.05) is 5.32 Å². The number of amides is 1. The van der Waals surface area contributed by atoms with Crippen LogP contribution in [0.4, 0.5) is 5.69 Å². The molecule has 0 heterocycles. The van der Waals surface area contributed by atoms with E-state index in [1.54, 1.807) is 0 Å². The fraction of sp³-hybridized carbons (Fsp3) is 0.714. The number of nitrogens with one attached hydrogen (secondary N) is 2. The van der Waals surface area contributed by atoms with Crippen LogP contribution in [0.5, 0.6) is 0 Å². The summed E-state index contributed by atoms with van der Waals surface area (Å²) in [5.74, 6) is 3.76. The Morgan fingerprint density at radius 3 is 1.91 bits per heavy atom. The molecule has 3 N–H and O–H groups in total. The topological polar surface area (TPSA) is 61.4 Å². The Labute approximate surface area is 202 Å². The molecular weight excluding hydrogens is 428 g/mol. The van der Waals surface area contributed by atoms with E-state index >= 15 is 0 Å². The van der Waals surface area contributed by atoms with Gasteiger partial charge in [-0.3, -0.25) is 4.79 Å². The molecule has 9 rings (SSSR count). The summed E-state index contributed by atoms with van der Waals surface area (Å²) in [6.07, 6.45) is 13.8. The second kappa shape index (κ2) is 7.04. The lowest BCUT2D eigenvalue weighted by atomic mass is 9.46. The smallest absolute Gasteiger partial charge is 0.232 e. The molecule has 4 atom stereocenters. The van der Waals surface area contributed by atoms with Crippen LogP contribution in [0.3, 0.4) is 0 Å². The zero-order valence-electron chi connectivity index (χ0n) is 19.4. The number of carbonyl (C=O) groups excluding carboxylic acids is 1. The van der Waals surface area contributed by atoms with Gasteiger partial charge in [-0.1, -0.05) is 12.1 Å². The molecule has 0 aromatic heterocycles. The van der Waals surface area contributed by atoms with Crippen molar-refractivity contribution in [2.45, 2.75) is 88.1 Å². The molecule has 5 heteroatoms. The maximum absolute atomic E-state index is 13.3. The van der Waals surface area contributed by atoms with E-state index < -0.39 is 5.60 Å². The highest BCUT2D eigenvalue weighted by molar-refractivity contribution is 7.80. The summed E-state index contributed by atoms with van der Waals surface area (Å²) in [5.41, 5.74) is 1.82. The fourth-order valence-electron chi connectivity index (χ4n) is 10.2. The van der Waals surface area contributed by atoms with Crippen LogP contribution in [0.1, 0.15) is 82.6 Å². The minimum absolute atomic E-state index is 0.143. The molecule has 8 bridgehead atoms. The highest BCUT2D eigenvalue weighted by Gasteiger charge is 2.58. The lowest BCUT2D eigenvalue weighted by Gasteiger charge is -2.60. The molecule has 0 aliphatic heterocycles. The third-order valence-electron chi connectivity index (χ3n) is 10.5. The first kappa shape index (κ1) is 20.9. The lowest BCUT2D eigenvalue weighted by molar-refractivity contribution is -0.144. The molecule has 8 saturated carbocycles. The maximum atomic E-state index is 13.3. The van der Waals surface area contributed by atoms with Crippen LogP contribution < -0.4 is 10.6 Å². The molecular formula is C28H36N2O2S. The predicted molar refractivity (Wildman–Crippen MR) is 133 cm³/mol. The summed E-state index contributed by atoms with van der Waals surface area (Å²) >= 11 is 5.55. The number of anilines is 1. The van der Waals surface area contributed by atoms with Crippen molar-refractivity contribution < 1.29 is 9.90 Å². The van der Waals surface area contributed by atoms with Gasteiger partial charge in [0.2, 0.25) is 5.91 Å². The maximum Gasteiger partial charge on any atom is 0.232 e. The van der Waals surface area contributed by atoms with Crippen molar-refractivity contribution in [3.05, 3.63) is 29.8 Å². The minimum Gasteiger partial charge on any atom is -0.390 e. The first-order chi connectivity index (χ1) is 15.8. The Hall–Kier alpha value is -1.46. The average Bonchev–Trinajstić information content (AvgIpc) is 2.71. The Morgan fingerprint density at radius 1 is 0.818 bits per heavy atom. The van der Waals surface area contributed by atoms with Gasteiger partial charge in [0.15, 0.2) is 5.11 Å². The third kappa shape index (κ3) is 3.40. The quantitative estimate of drug-likeness (QED) is 0.531. The van der Waals surface area contributed by atoms with Crippen LogP contribution in [0.15, 0.2) is 24.3 Å². The second-order valence-electron chi connectivity index (χ2n) is 13.1. The number of aliphatic hydroxyl groups is 1. The molecule has 2 unspecified atom stereocenters. The van der Waals surface area contributed by atoms with Gasteiger partial charge in [-0.05, 0) is 142 Å². The summed E-state index contributed by atoms with van der Waals surface area (Å²) in [5, 5.41) is 17.9. The molecule has 4 nitrogen and oxygen atoms in total. The largest absolute Gasteiger partial charge is 0.390 e. The van der Waals surface area contributed by atoms with Crippen LogP contribution in [-0.2, 0) is 10.2 Å². The normalized spacial score (nSPS) is 46.4. The highest BCUT2D eigenvalue weighted by Crippen LogP contribution is 2.62. The summed E-state index contributed by atoms with van der Waals surface area (Å²) in [4.78, 5) is 13.3. The molecule has 0 spiro atoms. The van der Waals surface area contributed by atoms with Gasteiger partial charge in [-0.2, -0.15) is 0 Å². The van der Waals surface area contributed by atoms with Crippen molar-refractivity contribution in [3.8, 4) is 0 Å². The third-order valence-corrected chi connectivity index (χ3v) is 10.7. The SMILES string of the molecule is O=C(NC(=S)Nc1ccc(C23C[C@@H]4C[C@@H](CC(O)(C4)C2)C3)cc1)C12CC3CC(CC(C3)C1)C2. The van der Waals surface area contributed by atoms with Gasteiger partial charge in [-0.25, -0.2) is 0 Å². The molecule has 8 aliphatic carbocycles. The first-order valence-corrected chi connectivity index (χ1v) is 13.7. The molecule has 1 amide bonds. The first-order valence-electron chi connectivity index (χ1n) is 13.3. The Kier molecular flexibility index (Phi) is 4.45. The average molecular weight is 465 g/mol. The van der Waals surface area contributed by atoms with E-state index in [2.05, 4.69) is 34.9 Å². The minimum atomic E-state index is -0.440. The van der Waals surface area contributed by atoms with E-state index in [1.807, 2.05) is 0 Å². The van der Waals surface area contributed by atoms with Gasteiger partial charge in [0.05, 0.1) is 11.0 Å². The zero-order chi connectivity index (χ0) is 22.4. The molecule has 1 aromatic rings. The van der Waals surface area contributed by atoms with Crippen LogP contribution in [0.2, 0.25) is 0 Å². The standard InChI is InChI=1S/C28H36N2O2S/c31-24(26-9-17-5-18(10-26)7-19(6-17)11-26)30-25(33)29-23-3-1-22(2-4-23)27-12-20-8-21(13-27)15-28(32,14-20)16-27/h1-4,17-21,32H,5-16H2,(H2,29,30,31,33)/t17?,18?,19?,20-,21+,26?,27?,28?. The highest BCUT2D eigenvalue weighted by atomic mass is 32.1. The Morgan fingerprint density at radius 2 is 1.36 bits per heavy atom. The van der Waals surface area contributed by atoms with Crippen molar-refractivity contribution in [1.82, 2.24) is 5.32 Å². The summed E-state index contributed by atoms with van der Waals surface area (Å²) in [6, 6.07) is 8.65. The van der Waals surface area contributed by atoms with Crippen molar-refractivity contribution in [2.24, 2.45) is 35.0 Å². The summed E-state index contributed by atoms with van der Waals surface area (Å²) in [6.45, 7) is 0. The number of rotatable bonds is 3. The number of carbonyl (C=O) groups is 1. The molecule has 33 heavy (non-hydrogen) atoms. The monoisotopic (exact) mass is 464 g/mol. The molecule has 8 aliphatic rings. The van der Waals surface area contributed by atoms with Gasteiger partial charge in [0.1, 0.15) is 0 Å². The van der Waals surface area contributed by atoms with E-state index in [9.17, 15) is 9.90 Å². The van der Waals surface area contributed by atoms with Gasteiger partial charge < -0.3 is 15.7 Å². The van der Waals surface area contributed by atoms with E-state index in [4.69, 9.17) is 12.2 Å². The van der Waals surface area contributed by atoms with Crippen molar-refractivity contribution in [1.29, 1.82) is 0 Å². The fourth-order valence-corrected chi connectivity index (χ4v) is 10.5. The van der Waals surface area contributed by atoms with E-state index in [0.717, 1.165) is 62.0 Å². The Bertz CT molecular complexity index is 952. The van der Waals surface area contributed by atoms with Crippen molar-refractivity contribution in [3.63, 3.8) is 0 Å².